The van der Waals surface area contributed by atoms with E-state index in [0.29, 0.717) is 45.6 Å². The van der Waals surface area contributed by atoms with E-state index in [2.05, 4.69) is 33.0 Å². The first-order chi connectivity index (χ1) is 12.5. The standard InChI is InChI=1S/C20H41NO5/c1-18(2)7-5-9-21-20(22)17-26-16-15-25-14-13-24-12-11-23-10-6-8-19(3)4/h18-19H,5-17H2,1-4H3,(H,21,22). The van der Waals surface area contributed by atoms with Crippen molar-refractivity contribution in [3.05, 3.63) is 0 Å². The van der Waals surface area contributed by atoms with Crippen molar-refractivity contribution in [2.45, 2.75) is 53.4 Å². The highest BCUT2D eigenvalue weighted by molar-refractivity contribution is 5.77. The maximum atomic E-state index is 11.5. The average molecular weight is 376 g/mol. The van der Waals surface area contributed by atoms with Gasteiger partial charge in [-0.1, -0.05) is 27.7 Å². The fraction of sp³-hybridized carbons (Fsp3) is 0.950. The Morgan fingerprint density at radius 2 is 1.15 bits per heavy atom. The number of hydrogen-bond donors (Lipinski definition) is 1. The summed E-state index contributed by atoms with van der Waals surface area (Å²) < 4.78 is 21.6. The smallest absolute Gasteiger partial charge is 0.245 e. The lowest BCUT2D eigenvalue weighted by atomic mass is 10.1. The SMILES string of the molecule is CC(C)CCCNC(=O)COCCOCCOCCOCCCC(C)C. The summed E-state index contributed by atoms with van der Waals surface area (Å²) in [7, 11) is 0. The van der Waals surface area contributed by atoms with Crippen LogP contribution in [0.25, 0.3) is 0 Å². The van der Waals surface area contributed by atoms with Crippen molar-refractivity contribution < 1.29 is 23.7 Å². The highest BCUT2D eigenvalue weighted by Gasteiger charge is 2.01. The Kier molecular flexibility index (Phi) is 18.6. The van der Waals surface area contributed by atoms with Crippen molar-refractivity contribution in [3.8, 4) is 0 Å². The van der Waals surface area contributed by atoms with Gasteiger partial charge in [0, 0.05) is 13.2 Å². The van der Waals surface area contributed by atoms with Gasteiger partial charge in [0.25, 0.3) is 0 Å². The summed E-state index contributed by atoms with van der Waals surface area (Å²) in [4.78, 5) is 11.5. The molecule has 0 rings (SSSR count). The minimum atomic E-state index is -0.0644. The number of carbonyl (C=O) groups excluding carboxylic acids is 1. The lowest BCUT2D eigenvalue weighted by Crippen LogP contribution is -2.29. The predicted molar refractivity (Wildman–Crippen MR) is 104 cm³/mol. The normalized spacial score (nSPS) is 11.5. The maximum Gasteiger partial charge on any atom is 0.245 e. The molecular weight excluding hydrogens is 334 g/mol. The minimum Gasteiger partial charge on any atom is -0.379 e. The van der Waals surface area contributed by atoms with E-state index in [1.165, 1.54) is 6.42 Å². The van der Waals surface area contributed by atoms with E-state index in [1.54, 1.807) is 0 Å². The van der Waals surface area contributed by atoms with Crippen molar-refractivity contribution >= 4 is 5.91 Å². The summed E-state index contributed by atoms with van der Waals surface area (Å²) in [6.45, 7) is 13.6. The molecule has 0 saturated carbocycles. The Hall–Kier alpha value is -0.690. The first-order valence-electron chi connectivity index (χ1n) is 10.1. The van der Waals surface area contributed by atoms with Gasteiger partial charge in [-0.3, -0.25) is 4.79 Å². The van der Waals surface area contributed by atoms with E-state index in [0.717, 1.165) is 38.3 Å². The van der Waals surface area contributed by atoms with Crippen LogP contribution < -0.4 is 5.32 Å². The molecule has 0 aliphatic carbocycles. The molecule has 6 nitrogen and oxygen atoms in total. The number of hydrogen-bond acceptors (Lipinski definition) is 5. The van der Waals surface area contributed by atoms with Crippen LogP contribution in [0.5, 0.6) is 0 Å². The summed E-state index contributed by atoms with van der Waals surface area (Å²) in [5.74, 6) is 1.34. The third kappa shape index (κ3) is 21.4. The van der Waals surface area contributed by atoms with Gasteiger partial charge in [0.05, 0.1) is 39.6 Å². The third-order valence-electron chi connectivity index (χ3n) is 3.70. The Morgan fingerprint density at radius 1 is 0.692 bits per heavy atom. The van der Waals surface area contributed by atoms with Gasteiger partial charge in [-0.05, 0) is 37.5 Å². The van der Waals surface area contributed by atoms with Gasteiger partial charge in [-0.15, -0.1) is 0 Å². The summed E-state index contributed by atoms with van der Waals surface area (Å²) >= 11 is 0. The first-order valence-corrected chi connectivity index (χ1v) is 10.1. The molecule has 0 aromatic heterocycles. The summed E-state index contributed by atoms with van der Waals surface area (Å²) in [6.07, 6.45) is 4.45. The second-order valence-corrected chi connectivity index (χ2v) is 7.31. The molecule has 0 aromatic rings. The lowest BCUT2D eigenvalue weighted by Gasteiger charge is -2.09. The summed E-state index contributed by atoms with van der Waals surface area (Å²) in [5, 5.41) is 2.85. The monoisotopic (exact) mass is 375 g/mol. The molecule has 6 heteroatoms. The maximum absolute atomic E-state index is 11.5. The molecule has 0 heterocycles. The van der Waals surface area contributed by atoms with Crippen LogP contribution in [-0.4, -0.2) is 65.3 Å². The third-order valence-corrected chi connectivity index (χ3v) is 3.70. The molecule has 0 radical (unpaired) electrons. The lowest BCUT2D eigenvalue weighted by molar-refractivity contribution is -0.126. The fourth-order valence-electron chi connectivity index (χ4n) is 2.21. The predicted octanol–water partition coefficient (Wildman–Crippen LogP) is 3.04. The highest BCUT2D eigenvalue weighted by Crippen LogP contribution is 2.03. The van der Waals surface area contributed by atoms with Gasteiger partial charge in [0.15, 0.2) is 0 Å². The molecule has 1 amide bonds. The van der Waals surface area contributed by atoms with E-state index < -0.39 is 0 Å². The summed E-state index contributed by atoms with van der Waals surface area (Å²) in [5.41, 5.74) is 0. The van der Waals surface area contributed by atoms with Crippen molar-refractivity contribution in [1.29, 1.82) is 0 Å². The zero-order valence-corrected chi connectivity index (χ0v) is 17.4. The Bertz CT molecular complexity index is 311. The Balaban J connectivity index is 3.14. The Morgan fingerprint density at radius 3 is 1.69 bits per heavy atom. The average Bonchev–Trinajstić information content (AvgIpc) is 2.58. The van der Waals surface area contributed by atoms with Crippen LogP contribution in [0.4, 0.5) is 0 Å². The molecule has 0 spiro atoms. The molecule has 1 N–H and O–H groups in total. The van der Waals surface area contributed by atoms with Gasteiger partial charge in [0.2, 0.25) is 5.91 Å². The van der Waals surface area contributed by atoms with E-state index in [4.69, 9.17) is 18.9 Å². The fourth-order valence-corrected chi connectivity index (χ4v) is 2.21. The molecule has 26 heavy (non-hydrogen) atoms. The van der Waals surface area contributed by atoms with E-state index >= 15 is 0 Å². The second-order valence-electron chi connectivity index (χ2n) is 7.31. The van der Waals surface area contributed by atoms with Crippen LogP contribution in [-0.2, 0) is 23.7 Å². The van der Waals surface area contributed by atoms with Crippen LogP contribution in [0.3, 0.4) is 0 Å². The van der Waals surface area contributed by atoms with Crippen LogP contribution in [0, 0.1) is 11.8 Å². The van der Waals surface area contributed by atoms with Crippen LogP contribution in [0.15, 0.2) is 0 Å². The minimum absolute atomic E-state index is 0.0644. The quantitative estimate of drug-likeness (QED) is 0.352. The van der Waals surface area contributed by atoms with E-state index in [1.807, 2.05) is 0 Å². The number of ether oxygens (including phenoxy) is 4. The number of amides is 1. The molecule has 0 bridgehead atoms. The van der Waals surface area contributed by atoms with Crippen LogP contribution in [0.2, 0.25) is 0 Å². The van der Waals surface area contributed by atoms with Gasteiger partial charge in [-0.25, -0.2) is 0 Å². The largest absolute Gasteiger partial charge is 0.379 e. The van der Waals surface area contributed by atoms with E-state index in [9.17, 15) is 4.79 Å². The molecular formula is C20H41NO5. The number of rotatable bonds is 19. The highest BCUT2D eigenvalue weighted by atomic mass is 16.6. The zero-order chi connectivity index (χ0) is 19.5. The van der Waals surface area contributed by atoms with Crippen molar-refractivity contribution in [3.63, 3.8) is 0 Å². The molecule has 0 unspecified atom stereocenters. The molecule has 0 saturated heterocycles. The zero-order valence-electron chi connectivity index (χ0n) is 17.4. The van der Waals surface area contributed by atoms with Crippen molar-refractivity contribution in [1.82, 2.24) is 5.32 Å². The molecule has 0 aliphatic heterocycles. The van der Waals surface area contributed by atoms with Gasteiger partial charge in [-0.2, -0.15) is 0 Å². The first kappa shape index (κ1) is 25.3. The number of carbonyl (C=O) groups is 1. The van der Waals surface area contributed by atoms with Crippen molar-refractivity contribution in [2.24, 2.45) is 11.8 Å². The van der Waals surface area contributed by atoms with Crippen LogP contribution in [0.1, 0.15) is 53.4 Å². The Labute approximate surface area is 160 Å². The molecule has 0 fully saturated rings. The topological polar surface area (TPSA) is 66.0 Å². The molecule has 0 aliphatic rings. The van der Waals surface area contributed by atoms with Crippen molar-refractivity contribution in [2.75, 3.05) is 59.4 Å². The van der Waals surface area contributed by atoms with Gasteiger partial charge >= 0.3 is 0 Å². The van der Waals surface area contributed by atoms with Crippen LogP contribution >= 0.6 is 0 Å². The van der Waals surface area contributed by atoms with E-state index in [-0.39, 0.29) is 12.5 Å². The molecule has 0 aromatic carbocycles. The van der Waals surface area contributed by atoms with Gasteiger partial charge in [0.1, 0.15) is 6.61 Å². The van der Waals surface area contributed by atoms with Gasteiger partial charge < -0.3 is 24.3 Å². The second kappa shape index (κ2) is 19.1. The molecule has 0 atom stereocenters. The molecule has 156 valence electrons. The number of nitrogens with one attached hydrogen (secondary N) is 1. The summed E-state index contributed by atoms with van der Waals surface area (Å²) in [6, 6.07) is 0.